The largest absolute Gasteiger partial charge is 0.462 e. The number of nitrogens with zero attached hydrogens (tertiary/aromatic N) is 1. The molecule has 0 spiro atoms. The zero-order chi connectivity index (χ0) is 12.3. The first-order chi connectivity index (χ1) is 8.18. The highest BCUT2D eigenvalue weighted by Gasteiger charge is 2.46. The van der Waals surface area contributed by atoms with Gasteiger partial charge in [-0.2, -0.15) is 0 Å². The van der Waals surface area contributed by atoms with Gasteiger partial charge < -0.3 is 4.74 Å². The highest BCUT2D eigenvalue weighted by Crippen LogP contribution is 2.39. The Hall–Kier alpha value is -0.830. The Balaban J connectivity index is 1.87. The lowest BCUT2D eigenvalue weighted by Gasteiger charge is -2.29. The maximum absolute atomic E-state index is 12.0. The van der Waals surface area contributed by atoms with Gasteiger partial charge in [-0.1, -0.05) is 25.8 Å². The topological polar surface area (TPSA) is 29.5 Å². The van der Waals surface area contributed by atoms with E-state index in [-0.39, 0.29) is 11.5 Å². The molecule has 0 N–H and O–H groups in total. The van der Waals surface area contributed by atoms with Gasteiger partial charge in [-0.3, -0.25) is 4.90 Å². The van der Waals surface area contributed by atoms with Crippen LogP contribution in [-0.2, 0) is 9.53 Å². The molecule has 2 rings (SSSR count). The van der Waals surface area contributed by atoms with Gasteiger partial charge in [0.1, 0.15) is 0 Å². The van der Waals surface area contributed by atoms with Crippen molar-refractivity contribution < 1.29 is 9.53 Å². The zero-order valence-corrected chi connectivity index (χ0v) is 11.0. The minimum absolute atomic E-state index is 0.0398. The van der Waals surface area contributed by atoms with Crippen LogP contribution >= 0.6 is 0 Å². The van der Waals surface area contributed by atoms with Gasteiger partial charge in [0.25, 0.3) is 0 Å². The highest BCUT2D eigenvalue weighted by atomic mass is 16.5. The van der Waals surface area contributed by atoms with Crippen LogP contribution in [0.3, 0.4) is 0 Å². The number of carbonyl (C=O) groups excluding carboxylic acids is 1. The number of unbranched alkanes of at least 4 members (excludes halogenated alkanes) is 2. The summed E-state index contributed by atoms with van der Waals surface area (Å²) < 4.78 is 5.37. The molecule has 96 valence electrons. The van der Waals surface area contributed by atoms with E-state index in [1.807, 2.05) is 0 Å². The van der Waals surface area contributed by atoms with E-state index >= 15 is 0 Å². The van der Waals surface area contributed by atoms with Gasteiger partial charge in [0.05, 0.1) is 17.7 Å². The molecule has 1 saturated heterocycles. The lowest BCUT2D eigenvalue weighted by atomic mass is 9.91. The number of esters is 1. The molecule has 0 aromatic rings. The third-order valence-electron chi connectivity index (χ3n) is 4.09. The number of fused-ring (bicyclic) bond motifs is 1. The highest BCUT2D eigenvalue weighted by molar-refractivity contribution is 5.91. The van der Waals surface area contributed by atoms with Crippen LogP contribution in [0.2, 0.25) is 0 Å². The van der Waals surface area contributed by atoms with E-state index in [2.05, 4.69) is 24.8 Å². The molecule has 1 unspecified atom stereocenters. The average molecular weight is 237 g/mol. The number of hydrogen-bond acceptors (Lipinski definition) is 3. The van der Waals surface area contributed by atoms with Crippen LogP contribution in [0.5, 0.6) is 0 Å². The molecule has 2 aliphatic rings. The maximum atomic E-state index is 12.0. The van der Waals surface area contributed by atoms with Crippen LogP contribution < -0.4 is 0 Å². The van der Waals surface area contributed by atoms with Gasteiger partial charge in [-0.15, -0.1) is 0 Å². The summed E-state index contributed by atoms with van der Waals surface area (Å²) in [4.78, 5) is 14.4. The van der Waals surface area contributed by atoms with Gasteiger partial charge >= 0.3 is 5.97 Å². The summed E-state index contributed by atoms with van der Waals surface area (Å²) in [6.07, 6.45) is 7.61. The van der Waals surface area contributed by atoms with Crippen LogP contribution in [0.1, 0.15) is 46.0 Å². The molecular weight excluding hydrogens is 214 g/mol. The van der Waals surface area contributed by atoms with Crippen LogP contribution in [0.25, 0.3) is 0 Å². The second-order valence-corrected chi connectivity index (χ2v) is 5.28. The van der Waals surface area contributed by atoms with Crippen molar-refractivity contribution in [2.45, 2.75) is 51.5 Å². The molecular formula is C14H23NO2. The molecule has 0 saturated carbocycles. The molecule has 2 aliphatic heterocycles. The summed E-state index contributed by atoms with van der Waals surface area (Å²) in [5, 5.41) is 0. The minimum atomic E-state index is -0.0898. The first-order valence-corrected chi connectivity index (χ1v) is 6.81. The van der Waals surface area contributed by atoms with Crippen LogP contribution in [-0.4, -0.2) is 36.1 Å². The maximum Gasteiger partial charge on any atom is 0.335 e. The van der Waals surface area contributed by atoms with E-state index < -0.39 is 0 Å². The van der Waals surface area contributed by atoms with Gasteiger partial charge in [-0.25, -0.2) is 4.79 Å². The summed E-state index contributed by atoms with van der Waals surface area (Å²) in [6.45, 7) is 6.92. The molecule has 17 heavy (non-hydrogen) atoms. The predicted octanol–water partition coefficient (Wildman–Crippen LogP) is 2.51. The first-order valence-electron chi connectivity index (χ1n) is 6.81. The van der Waals surface area contributed by atoms with Gasteiger partial charge in [-0.05, 0) is 32.7 Å². The number of carbonyl (C=O) groups is 1. The Morgan fingerprint density at radius 3 is 3.12 bits per heavy atom. The third-order valence-corrected chi connectivity index (χ3v) is 4.09. The Bertz CT molecular complexity index is 324. The zero-order valence-electron chi connectivity index (χ0n) is 11.0. The van der Waals surface area contributed by atoms with E-state index in [0.29, 0.717) is 6.61 Å². The normalized spacial score (nSPS) is 28.0. The molecule has 0 aromatic carbocycles. The quantitative estimate of drug-likeness (QED) is 0.543. The second-order valence-electron chi connectivity index (χ2n) is 5.28. The number of rotatable bonds is 5. The Kier molecular flexibility index (Phi) is 3.87. The van der Waals surface area contributed by atoms with Crippen molar-refractivity contribution in [2.75, 3.05) is 19.7 Å². The minimum Gasteiger partial charge on any atom is -0.462 e. The molecule has 0 aliphatic carbocycles. The van der Waals surface area contributed by atoms with Crippen LogP contribution in [0.15, 0.2) is 11.6 Å². The summed E-state index contributed by atoms with van der Waals surface area (Å²) in [5.41, 5.74) is 0.855. The fourth-order valence-corrected chi connectivity index (χ4v) is 2.94. The van der Waals surface area contributed by atoms with E-state index in [0.717, 1.165) is 44.3 Å². The van der Waals surface area contributed by atoms with Crippen molar-refractivity contribution in [3.05, 3.63) is 11.6 Å². The van der Waals surface area contributed by atoms with Crippen LogP contribution in [0.4, 0.5) is 0 Å². The SMILES string of the molecule is CCCCCOC(=O)C1=CCN2CCCC12C. The molecule has 0 aromatic heterocycles. The molecule has 0 amide bonds. The average Bonchev–Trinajstić information content (AvgIpc) is 2.80. The van der Waals surface area contributed by atoms with Crippen molar-refractivity contribution in [2.24, 2.45) is 0 Å². The molecule has 0 radical (unpaired) electrons. The summed E-state index contributed by atoms with van der Waals surface area (Å²) in [6, 6.07) is 0. The van der Waals surface area contributed by atoms with Gasteiger partial charge in [0.15, 0.2) is 0 Å². The third kappa shape index (κ3) is 2.39. The molecule has 3 nitrogen and oxygen atoms in total. The monoisotopic (exact) mass is 237 g/mol. The van der Waals surface area contributed by atoms with Crippen molar-refractivity contribution in [1.29, 1.82) is 0 Å². The Morgan fingerprint density at radius 2 is 2.35 bits per heavy atom. The second kappa shape index (κ2) is 5.21. The smallest absolute Gasteiger partial charge is 0.335 e. The number of ether oxygens (including phenoxy) is 1. The first kappa shape index (κ1) is 12.6. The van der Waals surface area contributed by atoms with Crippen molar-refractivity contribution in [3.8, 4) is 0 Å². The molecule has 3 heteroatoms. The Labute approximate surface area is 104 Å². The van der Waals surface area contributed by atoms with E-state index in [1.54, 1.807) is 0 Å². The molecule has 0 bridgehead atoms. The van der Waals surface area contributed by atoms with Crippen molar-refractivity contribution in [3.63, 3.8) is 0 Å². The van der Waals surface area contributed by atoms with E-state index in [4.69, 9.17) is 4.74 Å². The standard InChI is InChI=1S/C14H23NO2/c1-3-4-5-11-17-13(16)12-7-10-15-9-6-8-14(12,15)2/h7H,3-6,8-11H2,1-2H3. The Morgan fingerprint density at radius 1 is 1.53 bits per heavy atom. The summed E-state index contributed by atoms with van der Waals surface area (Å²) in [5.74, 6) is -0.0898. The predicted molar refractivity (Wildman–Crippen MR) is 67.8 cm³/mol. The fraction of sp³-hybridized carbons (Fsp3) is 0.786. The van der Waals surface area contributed by atoms with E-state index in [1.165, 1.54) is 6.42 Å². The molecule has 1 fully saturated rings. The summed E-state index contributed by atoms with van der Waals surface area (Å²) >= 11 is 0. The van der Waals surface area contributed by atoms with E-state index in [9.17, 15) is 4.79 Å². The van der Waals surface area contributed by atoms with Gasteiger partial charge in [0.2, 0.25) is 0 Å². The fourth-order valence-electron chi connectivity index (χ4n) is 2.94. The summed E-state index contributed by atoms with van der Waals surface area (Å²) in [7, 11) is 0. The molecule has 1 atom stereocenters. The lowest BCUT2D eigenvalue weighted by Crippen LogP contribution is -2.40. The molecule has 2 heterocycles. The van der Waals surface area contributed by atoms with Crippen LogP contribution in [0, 0.1) is 0 Å². The lowest BCUT2D eigenvalue weighted by molar-refractivity contribution is -0.140. The van der Waals surface area contributed by atoms with Gasteiger partial charge in [0, 0.05) is 6.54 Å². The van der Waals surface area contributed by atoms with Crippen molar-refractivity contribution >= 4 is 5.97 Å². The number of hydrogen-bond donors (Lipinski definition) is 0. The van der Waals surface area contributed by atoms with Crippen molar-refractivity contribution in [1.82, 2.24) is 4.90 Å².